The minimum absolute atomic E-state index is 0.00142. The summed E-state index contributed by atoms with van der Waals surface area (Å²) in [6.45, 7) is 3.65. The molecule has 0 saturated heterocycles. The zero-order valence-corrected chi connectivity index (χ0v) is 12.2. The summed E-state index contributed by atoms with van der Waals surface area (Å²) >= 11 is 11.7. The lowest BCUT2D eigenvalue weighted by Crippen LogP contribution is -1.96. The Morgan fingerprint density at radius 1 is 1.15 bits per heavy atom. The molecule has 0 N–H and O–H groups in total. The van der Waals surface area contributed by atoms with Gasteiger partial charge in [-0.25, -0.2) is 4.98 Å². The first-order chi connectivity index (χ1) is 9.36. The van der Waals surface area contributed by atoms with E-state index < -0.39 is 4.92 Å². The Morgan fingerprint density at radius 3 is 2.30 bits per heavy atom. The predicted octanol–water partition coefficient (Wildman–Crippen LogP) is 4.71. The van der Waals surface area contributed by atoms with Gasteiger partial charge in [0.25, 0.3) is 5.69 Å². The van der Waals surface area contributed by atoms with Gasteiger partial charge in [-0.1, -0.05) is 23.2 Å². The zero-order chi connectivity index (χ0) is 14.9. The Morgan fingerprint density at radius 2 is 1.75 bits per heavy atom. The van der Waals surface area contributed by atoms with E-state index >= 15 is 0 Å². The molecule has 0 atom stereocenters. The molecule has 0 aliphatic rings. The molecule has 0 fully saturated rings. The Hall–Kier alpha value is -1.85. The molecule has 5 nitrogen and oxygen atoms in total. The molecule has 0 unspecified atom stereocenters. The molecule has 0 spiro atoms. The fourth-order valence-corrected chi connectivity index (χ4v) is 2.30. The van der Waals surface area contributed by atoms with Gasteiger partial charge in [0.1, 0.15) is 10.9 Å². The van der Waals surface area contributed by atoms with Crippen LogP contribution < -0.4 is 4.74 Å². The monoisotopic (exact) mass is 312 g/mol. The molecule has 0 aliphatic carbocycles. The molecule has 20 heavy (non-hydrogen) atoms. The van der Waals surface area contributed by atoms with Crippen molar-refractivity contribution < 1.29 is 9.66 Å². The third-order valence-electron chi connectivity index (χ3n) is 2.60. The molecule has 7 heteroatoms. The van der Waals surface area contributed by atoms with E-state index in [9.17, 15) is 10.1 Å². The molecule has 0 aliphatic heterocycles. The Bertz CT molecular complexity index is 666. The van der Waals surface area contributed by atoms with Gasteiger partial charge in [0.15, 0.2) is 0 Å². The summed E-state index contributed by atoms with van der Waals surface area (Å²) in [5.74, 6) is 0.621. The van der Waals surface area contributed by atoms with Gasteiger partial charge >= 0.3 is 0 Å². The Kier molecular flexibility index (Phi) is 4.11. The van der Waals surface area contributed by atoms with E-state index in [2.05, 4.69) is 4.98 Å². The second-order valence-electron chi connectivity index (χ2n) is 4.21. The van der Waals surface area contributed by atoms with E-state index in [1.807, 2.05) is 13.8 Å². The topological polar surface area (TPSA) is 65.3 Å². The Balaban J connectivity index is 2.42. The number of halogens is 2. The predicted molar refractivity (Wildman–Crippen MR) is 76.9 cm³/mol. The van der Waals surface area contributed by atoms with Crippen LogP contribution in [0.3, 0.4) is 0 Å². The van der Waals surface area contributed by atoms with E-state index in [0.717, 1.165) is 17.2 Å². The minimum atomic E-state index is -0.554. The highest BCUT2D eigenvalue weighted by Gasteiger charge is 2.14. The summed E-state index contributed by atoms with van der Waals surface area (Å²) in [4.78, 5) is 14.2. The summed E-state index contributed by atoms with van der Waals surface area (Å²) in [5.41, 5.74) is 1.43. The van der Waals surface area contributed by atoms with E-state index in [1.54, 1.807) is 12.1 Å². The standard InChI is InChI=1S/C13H10Cl2N2O3/c1-7-3-9(14)4-8(2)13(7)20-12-6-10(17(18)19)5-11(15)16-12/h3-6H,1-2H3. The van der Waals surface area contributed by atoms with Crippen LogP contribution in [0.1, 0.15) is 11.1 Å². The van der Waals surface area contributed by atoms with Gasteiger partial charge in [-0.2, -0.15) is 0 Å². The third kappa shape index (κ3) is 3.18. The lowest BCUT2D eigenvalue weighted by atomic mass is 10.1. The third-order valence-corrected chi connectivity index (χ3v) is 3.01. The summed E-state index contributed by atoms with van der Waals surface area (Å²) < 4.78 is 5.61. The van der Waals surface area contributed by atoms with Crippen LogP contribution >= 0.6 is 23.2 Å². The molecule has 0 amide bonds. The number of nitro groups is 1. The lowest BCUT2D eigenvalue weighted by molar-refractivity contribution is -0.385. The summed E-state index contributed by atoms with van der Waals surface area (Å²) in [7, 11) is 0. The largest absolute Gasteiger partial charge is 0.438 e. The highest BCUT2D eigenvalue weighted by Crippen LogP contribution is 2.32. The molecular formula is C13H10Cl2N2O3. The normalized spacial score (nSPS) is 10.4. The maximum atomic E-state index is 10.8. The second kappa shape index (κ2) is 5.64. The van der Waals surface area contributed by atoms with Gasteiger partial charge in [0.2, 0.25) is 5.88 Å². The van der Waals surface area contributed by atoms with Gasteiger partial charge < -0.3 is 4.74 Å². The van der Waals surface area contributed by atoms with Gasteiger partial charge in [-0.05, 0) is 37.1 Å². The number of aromatic nitrogens is 1. The lowest BCUT2D eigenvalue weighted by Gasteiger charge is -2.11. The number of ether oxygens (including phenoxy) is 1. The van der Waals surface area contributed by atoms with Crippen LogP contribution in [0.15, 0.2) is 24.3 Å². The quantitative estimate of drug-likeness (QED) is 0.468. The van der Waals surface area contributed by atoms with E-state index in [-0.39, 0.29) is 16.7 Å². The number of pyridine rings is 1. The number of nitrogens with zero attached hydrogens (tertiary/aromatic N) is 2. The van der Waals surface area contributed by atoms with Crippen molar-refractivity contribution in [2.45, 2.75) is 13.8 Å². The average Bonchev–Trinajstić information content (AvgIpc) is 2.33. The molecule has 104 valence electrons. The molecule has 1 aromatic heterocycles. The van der Waals surface area contributed by atoms with Crippen molar-refractivity contribution in [1.29, 1.82) is 0 Å². The van der Waals surface area contributed by atoms with Crippen molar-refractivity contribution in [1.82, 2.24) is 4.98 Å². The molecule has 0 saturated carbocycles. The maximum Gasteiger partial charge on any atom is 0.277 e. The molecular weight excluding hydrogens is 303 g/mol. The van der Waals surface area contributed by atoms with Gasteiger partial charge in [-0.3, -0.25) is 10.1 Å². The fourth-order valence-electron chi connectivity index (χ4n) is 1.78. The Labute approximate surface area is 125 Å². The van der Waals surface area contributed by atoms with E-state index in [0.29, 0.717) is 10.8 Å². The van der Waals surface area contributed by atoms with Crippen LogP contribution in [0.2, 0.25) is 10.2 Å². The first kappa shape index (κ1) is 14.6. The molecule has 0 radical (unpaired) electrons. The molecule has 2 rings (SSSR count). The van der Waals surface area contributed by atoms with Crippen LogP contribution in [-0.2, 0) is 0 Å². The summed E-state index contributed by atoms with van der Waals surface area (Å²) in [6.07, 6.45) is 0. The molecule has 1 heterocycles. The van der Waals surface area contributed by atoms with Crippen LogP contribution in [-0.4, -0.2) is 9.91 Å². The molecule has 1 aromatic carbocycles. The van der Waals surface area contributed by atoms with Crippen molar-refractivity contribution in [2.24, 2.45) is 0 Å². The number of benzene rings is 1. The fraction of sp³-hybridized carbons (Fsp3) is 0.154. The summed E-state index contributed by atoms with van der Waals surface area (Å²) in [5, 5.41) is 11.4. The van der Waals surface area contributed by atoms with Crippen molar-refractivity contribution in [3.8, 4) is 11.6 Å². The number of rotatable bonds is 3. The van der Waals surface area contributed by atoms with Gasteiger partial charge in [0, 0.05) is 5.02 Å². The van der Waals surface area contributed by atoms with Crippen molar-refractivity contribution in [3.63, 3.8) is 0 Å². The van der Waals surface area contributed by atoms with Crippen LogP contribution in [0.4, 0.5) is 5.69 Å². The maximum absolute atomic E-state index is 10.8. The van der Waals surface area contributed by atoms with Crippen molar-refractivity contribution in [2.75, 3.05) is 0 Å². The van der Waals surface area contributed by atoms with Gasteiger partial charge in [-0.15, -0.1) is 0 Å². The van der Waals surface area contributed by atoms with Gasteiger partial charge in [0.05, 0.1) is 17.1 Å². The second-order valence-corrected chi connectivity index (χ2v) is 5.04. The number of aryl methyl sites for hydroxylation is 2. The smallest absolute Gasteiger partial charge is 0.277 e. The SMILES string of the molecule is Cc1cc(Cl)cc(C)c1Oc1cc([N+](=O)[O-])cc(Cl)n1. The van der Waals surface area contributed by atoms with Crippen LogP contribution in [0, 0.1) is 24.0 Å². The molecule has 2 aromatic rings. The van der Waals surface area contributed by atoms with Crippen LogP contribution in [0.5, 0.6) is 11.6 Å². The van der Waals surface area contributed by atoms with Crippen molar-refractivity contribution in [3.05, 3.63) is 55.7 Å². The number of hydrogen-bond donors (Lipinski definition) is 0. The first-order valence-corrected chi connectivity index (χ1v) is 6.39. The first-order valence-electron chi connectivity index (χ1n) is 5.63. The van der Waals surface area contributed by atoms with Crippen molar-refractivity contribution >= 4 is 28.9 Å². The number of hydrogen-bond acceptors (Lipinski definition) is 4. The summed E-state index contributed by atoms with van der Waals surface area (Å²) in [6, 6.07) is 5.86. The average molecular weight is 313 g/mol. The highest BCUT2D eigenvalue weighted by atomic mass is 35.5. The van der Waals surface area contributed by atoms with E-state index in [1.165, 1.54) is 6.07 Å². The minimum Gasteiger partial charge on any atom is -0.438 e. The zero-order valence-electron chi connectivity index (χ0n) is 10.7. The van der Waals surface area contributed by atoms with E-state index in [4.69, 9.17) is 27.9 Å². The molecule has 0 bridgehead atoms. The van der Waals surface area contributed by atoms with Crippen LogP contribution in [0.25, 0.3) is 0 Å². The highest BCUT2D eigenvalue weighted by molar-refractivity contribution is 6.30.